The first kappa shape index (κ1) is 22.9. The van der Waals surface area contributed by atoms with Crippen molar-refractivity contribution < 1.29 is 27.2 Å². The second-order valence-corrected chi connectivity index (χ2v) is 7.00. The van der Waals surface area contributed by atoms with Crippen LogP contribution in [0.4, 0.5) is 23.2 Å². The Balaban J connectivity index is 2.16. The number of pyridine rings is 2. The Labute approximate surface area is 181 Å². The van der Waals surface area contributed by atoms with Gasteiger partial charge in [0.05, 0.1) is 17.6 Å². The molecule has 2 heterocycles. The Hall–Kier alpha value is -3.82. The highest BCUT2D eigenvalue weighted by Gasteiger charge is 2.39. The van der Waals surface area contributed by atoms with E-state index in [1.807, 2.05) is 0 Å². The van der Waals surface area contributed by atoms with Crippen LogP contribution in [0.15, 0.2) is 60.9 Å². The molecule has 0 aliphatic rings. The maximum Gasteiger partial charge on any atom is 0.435 e. The lowest BCUT2D eigenvalue weighted by atomic mass is 10.1. The normalized spacial score (nSPS) is 11.2. The summed E-state index contributed by atoms with van der Waals surface area (Å²) in [6, 6.07) is 10.9. The molecule has 166 valence electrons. The third kappa shape index (κ3) is 5.08. The van der Waals surface area contributed by atoms with Gasteiger partial charge in [0.15, 0.2) is 5.69 Å². The zero-order valence-corrected chi connectivity index (χ0v) is 17.1. The summed E-state index contributed by atoms with van der Waals surface area (Å²) in [6.07, 6.45) is -2.87. The van der Waals surface area contributed by atoms with Crippen molar-refractivity contribution in [1.29, 1.82) is 0 Å². The molecule has 32 heavy (non-hydrogen) atoms. The zero-order chi connectivity index (χ0) is 23.5. The Morgan fingerprint density at radius 2 is 1.69 bits per heavy atom. The standard InChI is InChI=1S/C22H18F4N4O2/c1-29(2)19(31)13-30(21(32)14-6-4-3-5-7-14)18-9-8-17(28-20(18)22(24,25)26)15-10-16(23)12-27-11-15/h3-12H,13H2,1-2H3. The highest BCUT2D eigenvalue weighted by molar-refractivity contribution is 6.09. The van der Waals surface area contributed by atoms with Gasteiger partial charge in [-0.1, -0.05) is 18.2 Å². The maximum atomic E-state index is 14.0. The fraction of sp³-hybridized carbons (Fsp3) is 0.182. The summed E-state index contributed by atoms with van der Waals surface area (Å²) in [5.74, 6) is -2.12. The van der Waals surface area contributed by atoms with E-state index in [0.717, 1.165) is 23.2 Å². The SMILES string of the molecule is CN(C)C(=O)CN(C(=O)c1ccccc1)c1ccc(-c2cncc(F)c2)nc1C(F)(F)F. The van der Waals surface area contributed by atoms with E-state index in [0.29, 0.717) is 0 Å². The second kappa shape index (κ2) is 9.13. The fourth-order valence-corrected chi connectivity index (χ4v) is 2.87. The van der Waals surface area contributed by atoms with Gasteiger partial charge in [0.2, 0.25) is 5.91 Å². The molecule has 0 N–H and O–H groups in total. The minimum atomic E-state index is -4.96. The first-order chi connectivity index (χ1) is 15.1. The number of carbonyl (C=O) groups is 2. The van der Waals surface area contributed by atoms with Crippen molar-refractivity contribution in [3.05, 3.63) is 78.0 Å². The molecule has 0 spiro atoms. The van der Waals surface area contributed by atoms with Crippen molar-refractivity contribution in [3.8, 4) is 11.3 Å². The molecule has 0 saturated heterocycles. The van der Waals surface area contributed by atoms with Crippen LogP contribution in [0, 0.1) is 5.82 Å². The van der Waals surface area contributed by atoms with Crippen molar-refractivity contribution in [2.45, 2.75) is 6.18 Å². The molecule has 0 atom stereocenters. The quantitative estimate of drug-likeness (QED) is 0.555. The number of likely N-dealkylation sites (N-methyl/N-ethyl adjacent to an activating group) is 1. The first-order valence-electron chi connectivity index (χ1n) is 9.34. The largest absolute Gasteiger partial charge is 0.435 e. The monoisotopic (exact) mass is 446 g/mol. The summed E-state index contributed by atoms with van der Waals surface area (Å²) in [4.78, 5) is 34.6. The molecule has 2 aromatic heterocycles. The van der Waals surface area contributed by atoms with Gasteiger partial charge in [-0.25, -0.2) is 9.37 Å². The summed E-state index contributed by atoms with van der Waals surface area (Å²) in [5.41, 5.74) is -2.01. The van der Waals surface area contributed by atoms with Crippen LogP contribution in [0.25, 0.3) is 11.3 Å². The molecule has 0 fully saturated rings. The van der Waals surface area contributed by atoms with E-state index < -0.39 is 41.7 Å². The summed E-state index contributed by atoms with van der Waals surface area (Å²) < 4.78 is 55.4. The number of hydrogen-bond acceptors (Lipinski definition) is 4. The van der Waals surface area contributed by atoms with Crippen molar-refractivity contribution >= 4 is 17.5 Å². The highest BCUT2D eigenvalue weighted by atomic mass is 19.4. The molecular formula is C22H18F4N4O2. The maximum absolute atomic E-state index is 14.0. The molecular weight excluding hydrogens is 428 g/mol. The molecule has 2 amide bonds. The lowest BCUT2D eigenvalue weighted by Crippen LogP contribution is -2.41. The minimum absolute atomic E-state index is 0.0346. The van der Waals surface area contributed by atoms with Crippen LogP contribution in [0.1, 0.15) is 16.1 Å². The predicted molar refractivity (Wildman–Crippen MR) is 109 cm³/mol. The number of nitrogens with zero attached hydrogens (tertiary/aromatic N) is 4. The van der Waals surface area contributed by atoms with Crippen LogP contribution in [0.2, 0.25) is 0 Å². The van der Waals surface area contributed by atoms with E-state index in [1.54, 1.807) is 18.2 Å². The smallest absolute Gasteiger partial charge is 0.347 e. The van der Waals surface area contributed by atoms with Crippen LogP contribution in [0.3, 0.4) is 0 Å². The number of halogens is 4. The lowest BCUT2D eigenvalue weighted by Gasteiger charge is -2.26. The van der Waals surface area contributed by atoms with Gasteiger partial charge in [-0.05, 0) is 30.3 Å². The van der Waals surface area contributed by atoms with Gasteiger partial charge in [-0.3, -0.25) is 19.5 Å². The molecule has 0 radical (unpaired) electrons. The molecule has 6 nitrogen and oxygen atoms in total. The topological polar surface area (TPSA) is 66.4 Å². The average molecular weight is 446 g/mol. The molecule has 0 aliphatic heterocycles. The third-order valence-corrected chi connectivity index (χ3v) is 4.49. The van der Waals surface area contributed by atoms with Gasteiger partial charge in [0.25, 0.3) is 5.91 Å². The number of anilines is 1. The molecule has 0 aliphatic carbocycles. The highest BCUT2D eigenvalue weighted by Crippen LogP contribution is 2.37. The molecule has 0 unspecified atom stereocenters. The number of alkyl halides is 3. The summed E-state index contributed by atoms with van der Waals surface area (Å²) in [6.45, 7) is -0.633. The number of amides is 2. The van der Waals surface area contributed by atoms with E-state index in [9.17, 15) is 27.2 Å². The van der Waals surface area contributed by atoms with E-state index in [2.05, 4.69) is 9.97 Å². The molecule has 0 saturated carbocycles. The van der Waals surface area contributed by atoms with E-state index in [4.69, 9.17) is 0 Å². The van der Waals surface area contributed by atoms with Crippen LogP contribution in [0.5, 0.6) is 0 Å². The number of hydrogen-bond donors (Lipinski definition) is 0. The van der Waals surface area contributed by atoms with E-state index in [-0.39, 0.29) is 16.8 Å². The number of benzene rings is 1. The van der Waals surface area contributed by atoms with Gasteiger partial charge in [0.1, 0.15) is 12.4 Å². The number of aromatic nitrogens is 2. The van der Waals surface area contributed by atoms with Gasteiger partial charge in [-0.15, -0.1) is 0 Å². The average Bonchev–Trinajstić information content (AvgIpc) is 2.76. The van der Waals surface area contributed by atoms with Crippen molar-refractivity contribution in [2.75, 3.05) is 25.5 Å². The van der Waals surface area contributed by atoms with Crippen LogP contribution in [-0.2, 0) is 11.0 Å². The van der Waals surface area contributed by atoms with Gasteiger partial charge >= 0.3 is 6.18 Å². The number of rotatable bonds is 5. The third-order valence-electron chi connectivity index (χ3n) is 4.49. The first-order valence-corrected chi connectivity index (χ1v) is 9.34. The van der Waals surface area contributed by atoms with Gasteiger partial charge in [0, 0.05) is 31.4 Å². The lowest BCUT2D eigenvalue weighted by molar-refractivity contribution is -0.140. The Morgan fingerprint density at radius 3 is 2.28 bits per heavy atom. The molecule has 10 heteroatoms. The summed E-state index contributed by atoms with van der Waals surface area (Å²) in [7, 11) is 2.85. The fourth-order valence-electron chi connectivity index (χ4n) is 2.87. The van der Waals surface area contributed by atoms with Crippen molar-refractivity contribution in [3.63, 3.8) is 0 Å². The Kier molecular flexibility index (Phi) is 6.52. The van der Waals surface area contributed by atoms with E-state index in [1.165, 1.54) is 43.4 Å². The predicted octanol–water partition coefficient (Wildman–Crippen LogP) is 4.04. The van der Waals surface area contributed by atoms with Gasteiger partial charge in [-0.2, -0.15) is 13.2 Å². The van der Waals surface area contributed by atoms with Crippen LogP contribution < -0.4 is 4.90 Å². The van der Waals surface area contributed by atoms with Crippen molar-refractivity contribution in [1.82, 2.24) is 14.9 Å². The number of carbonyl (C=O) groups excluding carboxylic acids is 2. The van der Waals surface area contributed by atoms with Crippen molar-refractivity contribution in [2.24, 2.45) is 0 Å². The molecule has 3 rings (SSSR count). The minimum Gasteiger partial charge on any atom is -0.347 e. The Bertz CT molecular complexity index is 1130. The zero-order valence-electron chi connectivity index (χ0n) is 17.1. The molecule has 1 aromatic carbocycles. The van der Waals surface area contributed by atoms with Crippen LogP contribution >= 0.6 is 0 Å². The van der Waals surface area contributed by atoms with Gasteiger partial charge < -0.3 is 4.90 Å². The second-order valence-electron chi connectivity index (χ2n) is 7.00. The summed E-state index contributed by atoms with van der Waals surface area (Å²) in [5, 5.41) is 0. The summed E-state index contributed by atoms with van der Waals surface area (Å²) >= 11 is 0. The Morgan fingerprint density at radius 1 is 1.00 bits per heavy atom. The molecule has 0 bridgehead atoms. The van der Waals surface area contributed by atoms with Crippen LogP contribution in [-0.4, -0.2) is 47.3 Å². The van der Waals surface area contributed by atoms with E-state index >= 15 is 0 Å². The molecule has 3 aromatic rings.